The van der Waals surface area contributed by atoms with Crippen LogP contribution >= 0.6 is 11.8 Å². The molecule has 96 valence electrons. The second-order valence-electron chi connectivity index (χ2n) is 4.10. The fourth-order valence-corrected chi connectivity index (χ4v) is 1.82. The lowest BCUT2D eigenvalue weighted by molar-refractivity contribution is 0.429. The van der Waals surface area contributed by atoms with Gasteiger partial charge in [0, 0.05) is 49.2 Å². The number of nitrogens with one attached hydrogen (secondary N) is 1. The van der Waals surface area contributed by atoms with E-state index in [0.717, 1.165) is 12.1 Å². The Bertz CT molecular complexity index is 496. The fourth-order valence-electron chi connectivity index (χ4n) is 1.21. The van der Waals surface area contributed by atoms with Gasteiger partial charge in [-0.05, 0) is 0 Å². The van der Waals surface area contributed by atoms with E-state index in [4.69, 9.17) is 4.42 Å². The molecule has 2 rings (SSSR count). The van der Waals surface area contributed by atoms with Crippen LogP contribution in [0.4, 0.5) is 0 Å². The summed E-state index contributed by atoms with van der Waals surface area (Å²) in [7, 11) is 0. The third kappa shape index (κ3) is 3.78. The molecule has 0 saturated heterocycles. The van der Waals surface area contributed by atoms with E-state index < -0.39 is 0 Å². The summed E-state index contributed by atoms with van der Waals surface area (Å²) in [6, 6.07) is 0.445. The van der Waals surface area contributed by atoms with Crippen LogP contribution in [0.15, 0.2) is 27.2 Å². The second kappa shape index (κ2) is 5.92. The van der Waals surface area contributed by atoms with Crippen molar-refractivity contribution in [2.75, 3.05) is 0 Å². The Kier molecular flexibility index (Phi) is 4.27. The van der Waals surface area contributed by atoms with Gasteiger partial charge in [0.05, 0.1) is 0 Å². The average Bonchev–Trinajstić information content (AvgIpc) is 2.74. The van der Waals surface area contributed by atoms with Crippen LogP contribution < -0.4 is 5.32 Å². The molecule has 2 heterocycles. The standard InChI is InChI=1S/C11H15N5OS/c1-7(2)12-4-9-5-13-10(14-6-9)18-11-16-15-8(3)17-11/h5-7,12H,4H2,1-3H3. The van der Waals surface area contributed by atoms with Gasteiger partial charge in [0.2, 0.25) is 5.89 Å². The number of aryl methyl sites for hydroxylation is 1. The fraction of sp³-hybridized carbons (Fsp3) is 0.455. The lowest BCUT2D eigenvalue weighted by atomic mass is 10.3. The summed E-state index contributed by atoms with van der Waals surface area (Å²) in [5.74, 6) is 0.537. The van der Waals surface area contributed by atoms with Gasteiger partial charge >= 0.3 is 0 Å². The molecule has 2 aromatic rings. The van der Waals surface area contributed by atoms with E-state index in [2.05, 4.69) is 39.3 Å². The maximum absolute atomic E-state index is 5.25. The molecule has 7 heteroatoms. The molecular formula is C11H15N5OS. The first-order valence-corrected chi connectivity index (χ1v) is 6.47. The lowest BCUT2D eigenvalue weighted by Crippen LogP contribution is -2.21. The molecule has 18 heavy (non-hydrogen) atoms. The van der Waals surface area contributed by atoms with Crippen molar-refractivity contribution in [1.82, 2.24) is 25.5 Å². The summed E-state index contributed by atoms with van der Waals surface area (Å²) in [5, 5.41) is 12.0. The van der Waals surface area contributed by atoms with Crippen molar-refractivity contribution < 1.29 is 4.42 Å². The summed E-state index contributed by atoms with van der Waals surface area (Å²) in [6.07, 6.45) is 3.60. The summed E-state index contributed by atoms with van der Waals surface area (Å²) >= 11 is 1.26. The number of aromatic nitrogens is 4. The zero-order valence-electron chi connectivity index (χ0n) is 10.5. The van der Waals surface area contributed by atoms with Crippen molar-refractivity contribution in [3.05, 3.63) is 23.8 Å². The van der Waals surface area contributed by atoms with E-state index in [9.17, 15) is 0 Å². The molecule has 0 aromatic carbocycles. The first-order chi connectivity index (χ1) is 8.63. The van der Waals surface area contributed by atoms with Crippen molar-refractivity contribution >= 4 is 11.8 Å². The Balaban J connectivity index is 1.95. The van der Waals surface area contributed by atoms with Crippen LogP contribution in [-0.2, 0) is 6.54 Å². The van der Waals surface area contributed by atoms with Crippen molar-refractivity contribution in [3.8, 4) is 0 Å². The second-order valence-corrected chi connectivity index (χ2v) is 5.02. The zero-order chi connectivity index (χ0) is 13.0. The topological polar surface area (TPSA) is 76.7 Å². The molecule has 0 saturated carbocycles. The molecule has 0 aliphatic carbocycles. The Morgan fingerprint density at radius 2 is 2.00 bits per heavy atom. The highest BCUT2D eigenvalue weighted by molar-refractivity contribution is 7.98. The van der Waals surface area contributed by atoms with E-state index in [1.165, 1.54) is 11.8 Å². The molecule has 0 aliphatic heterocycles. The third-order valence-corrected chi connectivity index (χ3v) is 2.82. The minimum absolute atomic E-state index is 0.445. The largest absolute Gasteiger partial charge is 0.416 e. The Labute approximate surface area is 110 Å². The minimum atomic E-state index is 0.445. The first kappa shape index (κ1) is 13.0. The van der Waals surface area contributed by atoms with Gasteiger partial charge in [0.15, 0.2) is 5.16 Å². The minimum Gasteiger partial charge on any atom is -0.416 e. The molecule has 0 atom stereocenters. The van der Waals surface area contributed by atoms with Gasteiger partial charge in [0.25, 0.3) is 5.22 Å². The number of rotatable bonds is 5. The predicted molar refractivity (Wildman–Crippen MR) is 67.2 cm³/mol. The average molecular weight is 265 g/mol. The molecule has 0 radical (unpaired) electrons. The summed E-state index contributed by atoms with van der Waals surface area (Å²) in [5.41, 5.74) is 1.05. The third-order valence-electron chi connectivity index (χ3n) is 2.08. The van der Waals surface area contributed by atoms with Crippen LogP contribution in [0, 0.1) is 6.92 Å². The predicted octanol–water partition coefficient (Wildman–Crippen LogP) is 1.82. The van der Waals surface area contributed by atoms with Gasteiger partial charge in [0.1, 0.15) is 0 Å². The molecule has 0 spiro atoms. The van der Waals surface area contributed by atoms with E-state index in [0.29, 0.717) is 22.3 Å². The van der Waals surface area contributed by atoms with Gasteiger partial charge in [-0.25, -0.2) is 9.97 Å². The number of hydrogen-bond acceptors (Lipinski definition) is 7. The molecule has 0 aliphatic rings. The van der Waals surface area contributed by atoms with Gasteiger partial charge < -0.3 is 9.73 Å². The summed E-state index contributed by atoms with van der Waals surface area (Å²) in [4.78, 5) is 8.49. The normalized spacial score (nSPS) is 11.1. The van der Waals surface area contributed by atoms with Crippen molar-refractivity contribution in [1.29, 1.82) is 0 Å². The highest BCUT2D eigenvalue weighted by Crippen LogP contribution is 2.22. The van der Waals surface area contributed by atoms with Crippen LogP contribution in [0.3, 0.4) is 0 Å². The van der Waals surface area contributed by atoms with Gasteiger partial charge in [-0.2, -0.15) is 0 Å². The van der Waals surface area contributed by atoms with Crippen LogP contribution in [0.5, 0.6) is 0 Å². The summed E-state index contributed by atoms with van der Waals surface area (Å²) in [6.45, 7) is 6.72. The van der Waals surface area contributed by atoms with Gasteiger partial charge in [-0.1, -0.05) is 13.8 Å². The highest BCUT2D eigenvalue weighted by atomic mass is 32.2. The van der Waals surface area contributed by atoms with E-state index in [-0.39, 0.29) is 0 Å². The monoisotopic (exact) mass is 265 g/mol. The molecular weight excluding hydrogens is 250 g/mol. The first-order valence-electron chi connectivity index (χ1n) is 5.66. The quantitative estimate of drug-likeness (QED) is 0.826. The SMILES string of the molecule is Cc1nnc(Sc2ncc(CNC(C)C)cn2)o1. The molecule has 0 bridgehead atoms. The smallest absolute Gasteiger partial charge is 0.284 e. The molecule has 2 aromatic heterocycles. The molecule has 6 nitrogen and oxygen atoms in total. The maximum atomic E-state index is 5.25. The van der Waals surface area contributed by atoms with Gasteiger partial charge in [-0.15, -0.1) is 10.2 Å². The van der Waals surface area contributed by atoms with E-state index in [1.54, 1.807) is 19.3 Å². The van der Waals surface area contributed by atoms with Crippen molar-refractivity contribution in [3.63, 3.8) is 0 Å². The Morgan fingerprint density at radius 1 is 1.28 bits per heavy atom. The molecule has 0 fully saturated rings. The zero-order valence-corrected chi connectivity index (χ0v) is 11.4. The molecule has 0 unspecified atom stereocenters. The lowest BCUT2D eigenvalue weighted by Gasteiger charge is -2.07. The maximum Gasteiger partial charge on any atom is 0.284 e. The Morgan fingerprint density at radius 3 is 2.56 bits per heavy atom. The molecule has 0 amide bonds. The highest BCUT2D eigenvalue weighted by Gasteiger charge is 2.07. The number of nitrogens with zero attached hydrogens (tertiary/aromatic N) is 4. The van der Waals surface area contributed by atoms with Crippen LogP contribution in [-0.4, -0.2) is 26.2 Å². The summed E-state index contributed by atoms with van der Waals surface area (Å²) < 4.78 is 5.25. The van der Waals surface area contributed by atoms with Gasteiger partial charge in [-0.3, -0.25) is 0 Å². The molecule has 1 N–H and O–H groups in total. The van der Waals surface area contributed by atoms with E-state index in [1.807, 2.05) is 0 Å². The van der Waals surface area contributed by atoms with Crippen molar-refractivity contribution in [2.45, 2.75) is 43.7 Å². The van der Waals surface area contributed by atoms with Crippen LogP contribution in [0.1, 0.15) is 25.3 Å². The Hall–Kier alpha value is -1.47. The van der Waals surface area contributed by atoms with E-state index >= 15 is 0 Å². The van der Waals surface area contributed by atoms with Crippen molar-refractivity contribution in [2.24, 2.45) is 0 Å². The number of hydrogen-bond donors (Lipinski definition) is 1. The van der Waals surface area contributed by atoms with Crippen LogP contribution in [0.25, 0.3) is 0 Å². The van der Waals surface area contributed by atoms with Crippen LogP contribution in [0.2, 0.25) is 0 Å².